The van der Waals surface area contributed by atoms with Gasteiger partial charge < -0.3 is 10.2 Å². The van der Waals surface area contributed by atoms with Crippen LogP contribution in [0.15, 0.2) is 24.3 Å². The van der Waals surface area contributed by atoms with Crippen LogP contribution in [0.5, 0.6) is 0 Å². The van der Waals surface area contributed by atoms with E-state index in [9.17, 15) is 0 Å². The number of rotatable bonds is 7. The summed E-state index contributed by atoms with van der Waals surface area (Å²) in [6.45, 7) is 10.5. The van der Waals surface area contributed by atoms with Crippen LogP contribution >= 0.6 is 0 Å². The van der Waals surface area contributed by atoms with Gasteiger partial charge in [-0.05, 0) is 49.4 Å². The Morgan fingerprint density at radius 3 is 2.38 bits per heavy atom. The van der Waals surface area contributed by atoms with Gasteiger partial charge in [-0.1, -0.05) is 19.1 Å². The van der Waals surface area contributed by atoms with Gasteiger partial charge in [-0.25, -0.2) is 0 Å². The van der Waals surface area contributed by atoms with Crippen LogP contribution in [0.1, 0.15) is 31.7 Å². The Morgan fingerprint density at radius 1 is 1.05 bits per heavy atom. The monoisotopic (exact) mass is 287 g/mol. The Labute approximate surface area is 129 Å². The molecule has 2 fully saturated rings. The highest BCUT2D eigenvalue weighted by Crippen LogP contribution is 2.30. The lowest BCUT2D eigenvalue weighted by molar-refractivity contribution is 0.248. The van der Waals surface area contributed by atoms with Gasteiger partial charge in [0, 0.05) is 45.0 Å². The first-order valence-corrected chi connectivity index (χ1v) is 8.62. The third-order valence-electron chi connectivity index (χ3n) is 4.64. The number of nitrogens with zero attached hydrogens (tertiary/aromatic N) is 2. The molecule has 0 aromatic heterocycles. The van der Waals surface area contributed by atoms with Crippen LogP contribution in [0, 0.1) is 5.92 Å². The fraction of sp³-hybridized carbons (Fsp3) is 0.667. The molecule has 1 N–H and O–H groups in total. The Bertz CT molecular complexity index is 417. The van der Waals surface area contributed by atoms with Crippen molar-refractivity contribution >= 4 is 5.69 Å². The molecule has 1 saturated heterocycles. The van der Waals surface area contributed by atoms with Crippen molar-refractivity contribution in [2.75, 3.05) is 44.2 Å². The topological polar surface area (TPSA) is 18.5 Å². The molecule has 116 valence electrons. The van der Waals surface area contributed by atoms with Crippen LogP contribution in [-0.4, -0.2) is 44.2 Å². The minimum Gasteiger partial charge on any atom is -0.369 e. The van der Waals surface area contributed by atoms with Gasteiger partial charge in [0.1, 0.15) is 0 Å². The Balaban J connectivity index is 1.45. The predicted octanol–water partition coefficient (Wildman–Crippen LogP) is 2.72. The normalized spacial score (nSPS) is 20.0. The number of hydrogen-bond donors (Lipinski definition) is 1. The lowest BCUT2D eigenvalue weighted by Crippen LogP contribution is -2.47. The average Bonchev–Trinajstić information content (AvgIpc) is 3.33. The van der Waals surface area contributed by atoms with Crippen LogP contribution in [0.25, 0.3) is 0 Å². The average molecular weight is 287 g/mol. The summed E-state index contributed by atoms with van der Waals surface area (Å²) in [6, 6.07) is 9.13. The highest BCUT2D eigenvalue weighted by Gasteiger charge is 2.26. The summed E-state index contributed by atoms with van der Waals surface area (Å²) in [5.74, 6) is 1.02. The molecule has 1 aliphatic carbocycles. The molecule has 2 aliphatic rings. The molecule has 0 atom stereocenters. The number of nitrogens with one attached hydrogen (secondary N) is 1. The van der Waals surface area contributed by atoms with Crippen LogP contribution in [-0.2, 0) is 6.54 Å². The van der Waals surface area contributed by atoms with E-state index >= 15 is 0 Å². The van der Waals surface area contributed by atoms with E-state index in [1.807, 2.05) is 0 Å². The third-order valence-corrected chi connectivity index (χ3v) is 4.64. The molecule has 3 heteroatoms. The Kier molecular flexibility index (Phi) is 5.15. The van der Waals surface area contributed by atoms with Gasteiger partial charge >= 0.3 is 0 Å². The SMILES string of the molecule is CCCNCc1ccc(N2CCN(CC3CC3)CC2)cc1. The van der Waals surface area contributed by atoms with Crippen LogP contribution in [0.4, 0.5) is 5.69 Å². The molecule has 1 aromatic rings. The van der Waals surface area contributed by atoms with Crippen LogP contribution in [0.3, 0.4) is 0 Å². The Morgan fingerprint density at radius 2 is 1.76 bits per heavy atom. The minimum absolute atomic E-state index is 0.989. The number of hydrogen-bond acceptors (Lipinski definition) is 3. The standard InChI is InChI=1S/C18H29N3/c1-2-9-19-14-16-5-7-18(8-6-16)21-12-10-20(11-13-21)15-17-3-4-17/h5-8,17,19H,2-4,9-15H2,1H3. The molecule has 0 amide bonds. The molecule has 3 nitrogen and oxygen atoms in total. The molecule has 0 spiro atoms. The highest BCUT2D eigenvalue weighted by atomic mass is 15.3. The summed E-state index contributed by atoms with van der Waals surface area (Å²) in [7, 11) is 0. The van der Waals surface area contributed by atoms with Crippen molar-refractivity contribution in [2.45, 2.75) is 32.7 Å². The van der Waals surface area contributed by atoms with Gasteiger partial charge in [0.2, 0.25) is 0 Å². The number of benzene rings is 1. The summed E-state index contributed by atoms with van der Waals surface area (Å²) >= 11 is 0. The van der Waals surface area contributed by atoms with Crippen molar-refractivity contribution < 1.29 is 0 Å². The fourth-order valence-electron chi connectivity index (χ4n) is 3.09. The first kappa shape index (κ1) is 14.9. The first-order valence-electron chi connectivity index (χ1n) is 8.62. The van der Waals surface area contributed by atoms with Crippen LogP contribution in [0.2, 0.25) is 0 Å². The van der Waals surface area contributed by atoms with E-state index in [0.717, 1.165) is 19.0 Å². The van der Waals surface area contributed by atoms with Crippen molar-refractivity contribution in [3.05, 3.63) is 29.8 Å². The smallest absolute Gasteiger partial charge is 0.0367 e. The van der Waals surface area contributed by atoms with E-state index < -0.39 is 0 Å². The quantitative estimate of drug-likeness (QED) is 0.778. The summed E-state index contributed by atoms with van der Waals surface area (Å²) in [4.78, 5) is 5.18. The third kappa shape index (κ3) is 4.45. The van der Waals surface area contributed by atoms with E-state index in [-0.39, 0.29) is 0 Å². The molecular formula is C18H29N3. The summed E-state index contributed by atoms with van der Waals surface area (Å²) in [5, 5.41) is 3.46. The van der Waals surface area contributed by atoms with E-state index in [2.05, 4.69) is 46.3 Å². The zero-order valence-electron chi connectivity index (χ0n) is 13.4. The maximum atomic E-state index is 3.46. The summed E-state index contributed by atoms with van der Waals surface area (Å²) < 4.78 is 0. The van der Waals surface area contributed by atoms with E-state index in [1.54, 1.807) is 0 Å². The molecule has 0 bridgehead atoms. The van der Waals surface area contributed by atoms with Crippen LogP contribution < -0.4 is 10.2 Å². The molecule has 1 aromatic carbocycles. The van der Waals surface area contributed by atoms with Crippen molar-refractivity contribution in [3.8, 4) is 0 Å². The molecule has 21 heavy (non-hydrogen) atoms. The lowest BCUT2D eigenvalue weighted by Gasteiger charge is -2.36. The first-order chi connectivity index (χ1) is 10.3. The van der Waals surface area contributed by atoms with E-state index in [0.29, 0.717) is 0 Å². The minimum atomic E-state index is 0.989. The zero-order chi connectivity index (χ0) is 14.5. The molecule has 3 rings (SSSR count). The van der Waals surface area contributed by atoms with Gasteiger partial charge in [0.25, 0.3) is 0 Å². The molecule has 1 saturated carbocycles. The van der Waals surface area contributed by atoms with Gasteiger partial charge in [0.15, 0.2) is 0 Å². The maximum absolute atomic E-state index is 3.46. The van der Waals surface area contributed by atoms with Crippen molar-refractivity contribution in [2.24, 2.45) is 5.92 Å². The second-order valence-electron chi connectivity index (χ2n) is 6.57. The molecular weight excluding hydrogens is 258 g/mol. The highest BCUT2D eigenvalue weighted by molar-refractivity contribution is 5.48. The molecule has 1 heterocycles. The second kappa shape index (κ2) is 7.28. The van der Waals surface area contributed by atoms with Crippen molar-refractivity contribution in [1.82, 2.24) is 10.2 Å². The second-order valence-corrected chi connectivity index (χ2v) is 6.57. The Hall–Kier alpha value is -1.06. The summed E-state index contributed by atoms with van der Waals surface area (Å²) in [5.41, 5.74) is 2.78. The zero-order valence-corrected chi connectivity index (χ0v) is 13.4. The lowest BCUT2D eigenvalue weighted by atomic mass is 10.1. The molecule has 0 unspecified atom stereocenters. The van der Waals surface area contributed by atoms with E-state index in [1.165, 1.54) is 63.2 Å². The fourth-order valence-corrected chi connectivity index (χ4v) is 3.09. The van der Waals surface area contributed by atoms with Gasteiger partial charge in [-0.3, -0.25) is 4.90 Å². The van der Waals surface area contributed by atoms with Gasteiger partial charge in [0.05, 0.1) is 0 Å². The largest absolute Gasteiger partial charge is 0.369 e. The number of anilines is 1. The molecule has 1 aliphatic heterocycles. The van der Waals surface area contributed by atoms with Gasteiger partial charge in [-0.15, -0.1) is 0 Å². The molecule has 0 radical (unpaired) electrons. The van der Waals surface area contributed by atoms with E-state index in [4.69, 9.17) is 0 Å². The summed E-state index contributed by atoms with van der Waals surface area (Å²) in [6.07, 6.45) is 4.13. The van der Waals surface area contributed by atoms with Crippen molar-refractivity contribution in [3.63, 3.8) is 0 Å². The van der Waals surface area contributed by atoms with Crippen molar-refractivity contribution in [1.29, 1.82) is 0 Å². The predicted molar refractivity (Wildman–Crippen MR) is 89.8 cm³/mol. The van der Waals surface area contributed by atoms with Gasteiger partial charge in [-0.2, -0.15) is 0 Å². The number of piperazine rings is 1. The maximum Gasteiger partial charge on any atom is 0.0367 e.